The highest BCUT2D eigenvalue weighted by Crippen LogP contribution is 2.15. The first-order chi connectivity index (χ1) is 17.4. The third kappa shape index (κ3) is 8.96. The van der Waals surface area contributed by atoms with E-state index in [1.54, 1.807) is 24.3 Å². The summed E-state index contributed by atoms with van der Waals surface area (Å²) in [6, 6.07) is 26.0. The van der Waals surface area contributed by atoms with Crippen LogP contribution in [-0.4, -0.2) is 29.5 Å². The molecule has 3 aromatic rings. The highest BCUT2D eigenvalue weighted by molar-refractivity contribution is 7.80. The number of anilines is 1. The normalized spacial score (nSPS) is 11.1. The summed E-state index contributed by atoms with van der Waals surface area (Å²) in [5.74, 6) is -1.07. The average Bonchev–Trinajstić information content (AvgIpc) is 2.88. The standard InChI is InChI=1S/C28H29N3O4S/c1-20(22-11-6-3-7-12-22)29-27(34)23-13-8-14-24(19-23)30-28(36)31-25(32)15-16-26(33)35-18-17-21-9-4-2-5-10-21/h2-14,19-20H,15-18H2,1H3,(H,29,34)(H2,30,31,32,36). The Morgan fingerprint density at radius 2 is 1.58 bits per heavy atom. The van der Waals surface area contributed by atoms with Crippen molar-refractivity contribution in [1.29, 1.82) is 0 Å². The number of amides is 2. The van der Waals surface area contributed by atoms with Crippen molar-refractivity contribution < 1.29 is 19.1 Å². The molecule has 0 aromatic heterocycles. The molecule has 8 heteroatoms. The number of hydrogen-bond donors (Lipinski definition) is 3. The zero-order chi connectivity index (χ0) is 25.8. The third-order valence-corrected chi connectivity index (χ3v) is 5.54. The second-order valence-corrected chi connectivity index (χ2v) is 8.55. The summed E-state index contributed by atoms with van der Waals surface area (Å²) in [7, 11) is 0. The minimum absolute atomic E-state index is 0.0432. The lowest BCUT2D eigenvalue weighted by molar-refractivity contribution is -0.144. The van der Waals surface area contributed by atoms with Crippen LogP contribution in [0.1, 0.15) is 47.3 Å². The molecule has 0 aliphatic rings. The van der Waals surface area contributed by atoms with Crippen LogP contribution in [0.25, 0.3) is 0 Å². The minimum Gasteiger partial charge on any atom is -0.465 e. The fourth-order valence-corrected chi connectivity index (χ4v) is 3.64. The van der Waals surface area contributed by atoms with Gasteiger partial charge in [-0.1, -0.05) is 66.7 Å². The Labute approximate surface area is 216 Å². The molecule has 0 fully saturated rings. The molecule has 0 bridgehead atoms. The lowest BCUT2D eigenvalue weighted by Crippen LogP contribution is -2.34. The highest BCUT2D eigenvalue weighted by Gasteiger charge is 2.13. The van der Waals surface area contributed by atoms with Gasteiger partial charge in [-0.2, -0.15) is 0 Å². The number of rotatable bonds is 10. The number of esters is 1. The van der Waals surface area contributed by atoms with E-state index in [1.165, 1.54) is 0 Å². The summed E-state index contributed by atoms with van der Waals surface area (Å²) in [4.78, 5) is 36.7. The second kappa shape index (κ2) is 13.7. The Morgan fingerprint density at radius 3 is 2.31 bits per heavy atom. The van der Waals surface area contributed by atoms with E-state index < -0.39 is 11.9 Å². The van der Waals surface area contributed by atoms with Crippen molar-refractivity contribution in [3.05, 3.63) is 102 Å². The maximum absolute atomic E-state index is 12.7. The topological polar surface area (TPSA) is 96.5 Å². The molecule has 3 aromatic carbocycles. The quantitative estimate of drug-likeness (QED) is 0.277. The predicted octanol–water partition coefficient (Wildman–Crippen LogP) is 4.56. The molecule has 1 atom stereocenters. The van der Waals surface area contributed by atoms with E-state index in [2.05, 4.69) is 16.0 Å². The van der Waals surface area contributed by atoms with Gasteiger partial charge in [-0.25, -0.2) is 0 Å². The van der Waals surface area contributed by atoms with Crippen LogP contribution >= 0.6 is 12.2 Å². The van der Waals surface area contributed by atoms with Crippen molar-refractivity contribution in [3.8, 4) is 0 Å². The molecule has 3 N–H and O–H groups in total. The Hall–Kier alpha value is -4.04. The first kappa shape index (κ1) is 26.6. The average molecular weight is 504 g/mol. The fraction of sp³-hybridized carbons (Fsp3) is 0.214. The molecule has 0 saturated carbocycles. The predicted molar refractivity (Wildman–Crippen MR) is 143 cm³/mol. The molecule has 1 unspecified atom stereocenters. The van der Waals surface area contributed by atoms with E-state index in [-0.39, 0.29) is 36.5 Å². The number of hydrogen-bond acceptors (Lipinski definition) is 5. The molecule has 3 rings (SSSR count). The molecule has 0 heterocycles. The van der Waals surface area contributed by atoms with Gasteiger partial charge in [0.2, 0.25) is 5.91 Å². The zero-order valence-corrected chi connectivity index (χ0v) is 20.8. The maximum Gasteiger partial charge on any atom is 0.306 e. The number of nitrogens with one attached hydrogen (secondary N) is 3. The maximum atomic E-state index is 12.7. The van der Waals surface area contributed by atoms with E-state index in [4.69, 9.17) is 17.0 Å². The number of ether oxygens (including phenoxy) is 1. The van der Waals surface area contributed by atoms with Crippen molar-refractivity contribution >= 4 is 40.8 Å². The van der Waals surface area contributed by atoms with Crippen LogP contribution in [0.3, 0.4) is 0 Å². The van der Waals surface area contributed by atoms with Gasteiger partial charge in [0.25, 0.3) is 5.91 Å². The van der Waals surface area contributed by atoms with Crippen molar-refractivity contribution in [2.75, 3.05) is 11.9 Å². The van der Waals surface area contributed by atoms with Crippen LogP contribution in [0.15, 0.2) is 84.9 Å². The molecule has 36 heavy (non-hydrogen) atoms. The highest BCUT2D eigenvalue weighted by atomic mass is 32.1. The van der Waals surface area contributed by atoms with Gasteiger partial charge in [0.1, 0.15) is 0 Å². The molecule has 0 aliphatic carbocycles. The lowest BCUT2D eigenvalue weighted by atomic mass is 10.1. The van der Waals surface area contributed by atoms with Gasteiger partial charge in [0.05, 0.1) is 19.1 Å². The van der Waals surface area contributed by atoms with Crippen LogP contribution in [0.4, 0.5) is 5.69 Å². The molecule has 0 spiro atoms. The van der Waals surface area contributed by atoms with Crippen molar-refractivity contribution in [3.63, 3.8) is 0 Å². The van der Waals surface area contributed by atoms with Crippen LogP contribution in [-0.2, 0) is 20.7 Å². The van der Waals surface area contributed by atoms with Gasteiger partial charge in [-0.05, 0) is 48.5 Å². The SMILES string of the molecule is CC(NC(=O)c1cccc(NC(=S)NC(=O)CCC(=O)OCCc2ccccc2)c1)c1ccccc1. The molecule has 0 aliphatic heterocycles. The minimum atomic E-state index is -0.441. The van der Waals surface area contributed by atoms with Crippen LogP contribution in [0.2, 0.25) is 0 Å². The van der Waals surface area contributed by atoms with Crippen LogP contribution in [0.5, 0.6) is 0 Å². The first-order valence-corrected chi connectivity index (χ1v) is 12.1. The summed E-state index contributed by atoms with van der Waals surface area (Å²) < 4.78 is 5.18. The summed E-state index contributed by atoms with van der Waals surface area (Å²) in [5.41, 5.74) is 3.09. The molecule has 2 amide bonds. The van der Waals surface area contributed by atoms with Crippen molar-refractivity contribution in [2.24, 2.45) is 0 Å². The Morgan fingerprint density at radius 1 is 0.889 bits per heavy atom. The number of carbonyl (C=O) groups is 3. The fourth-order valence-electron chi connectivity index (χ4n) is 3.41. The second-order valence-electron chi connectivity index (χ2n) is 8.15. The Bertz CT molecular complexity index is 1190. The van der Waals surface area contributed by atoms with Gasteiger partial charge in [0.15, 0.2) is 5.11 Å². The van der Waals surface area contributed by atoms with E-state index in [9.17, 15) is 14.4 Å². The zero-order valence-electron chi connectivity index (χ0n) is 20.0. The van der Waals surface area contributed by atoms with Crippen LogP contribution in [0, 0.1) is 0 Å². The first-order valence-electron chi connectivity index (χ1n) is 11.7. The summed E-state index contributed by atoms with van der Waals surface area (Å²) in [6.07, 6.45) is 0.527. The molecular weight excluding hydrogens is 474 g/mol. The number of carbonyl (C=O) groups excluding carboxylic acids is 3. The molecule has 186 valence electrons. The Kier molecular flexibility index (Phi) is 10.1. The molecule has 7 nitrogen and oxygen atoms in total. The van der Waals surface area contributed by atoms with Gasteiger partial charge in [-0.15, -0.1) is 0 Å². The molecule has 0 saturated heterocycles. The third-order valence-electron chi connectivity index (χ3n) is 5.34. The van der Waals surface area contributed by atoms with Gasteiger partial charge in [-0.3, -0.25) is 14.4 Å². The van der Waals surface area contributed by atoms with Crippen LogP contribution < -0.4 is 16.0 Å². The largest absolute Gasteiger partial charge is 0.465 e. The van der Waals surface area contributed by atoms with Gasteiger partial charge < -0.3 is 20.7 Å². The van der Waals surface area contributed by atoms with E-state index in [0.29, 0.717) is 17.7 Å². The monoisotopic (exact) mass is 503 g/mol. The van der Waals surface area contributed by atoms with Gasteiger partial charge in [0, 0.05) is 24.1 Å². The lowest BCUT2D eigenvalue weighted by Gasteiger charge is -2.15. The summed E-state index contributed by atoms with van der Waals surface area (Å²) >= 11 is 5.20. The number of benzene rings is 3. The van der Waals surface area contributed by atoms with E-state index in [0.717, 1.165) is 11.1 Å². The van der Waals surface area contributed by atoms with Crippen molar-refractivity contribution in [2.45, 2.75) is 32.2 Å². The summed E-state index contributed by atoms with van der Waals surface area (Å²) in [6.45, 7) is 2.18. The van der Waals surface area contributed by atoms with E-state index in [1.807, 2.05) is 67.6 Å². The van der Waals surface area contributed by atoms with Crippen molar-refractivity contribution in [1.82, 2.24) is 10.6 Å². The van der Waals surface area contributed by atoms with E-state index >= 15 is 0 Å². The molecular formula is C28H29N3O4S. The smallest absolute Gasteiger partial charge is 0.306 e. The van der Waals surface area contributed by atoms with Gasteiger partial charge >= 0.3 is 5.97 Å². The Balaban J connectivity index is 1.40. The summed E-state index contributed by atoms with van der Waals surface area (Å²) in [5, 5.41) is 8.48. The molecule has 0 radical (unpaired) electrons. The number of thiocarbonyl (C=S) groups is 1.